The number of aryl methyl sites for hydroxylation is 1. The van der Waals surface area contributed by atoms with E-state index in [-0.39, 0.29) is 23.8 Å². The second-order valence-corrected chi connectivity index (χ2v) is 7.98. The van der Waals surface area contributed by atoms with Crippen LogP contribution in [-0.2, 0) is 0 Å². The number of aromatic nitrogens is 1. The van der Waals surface area contributed by atoms with E-state index >= 15 is 0 Å². The van der Waals surface area contributed by atoms with Crippen LogP contribution in [0.5, 0.6) is 0 Å². The number of pyridine rings is 1. The van der Waals surface area contributed by atoms with Crippen molar-refractivity contribution >= 4 is 28.5 Å². The van der Waals surface area contributed by atoms with Gasteiger partial charge < -0.3 is 16.0 Å². The fourth-order valence-electron chi connectivity index (χ4n) is 3.93. The Hall–Kier alpha value is -3.52. The third-order valence-electron chi connectivity index (χ3n) is 5.52. The maximum Gasteiger partial charge on any atom is 0.319 e. The summed E-state index contributed by atoms with van der Waals surface area (Å²) < 4.78 is 13.0. The zero-order valence-corrected chi connectivity index (χ0v) is 17.9. The molecule has 0 spiro atoms. The number of benzene rings is 2. The summed E-state index contributed by atoms with van der Waals surface area (Å²) in [6.07, 6.45) is 0.835. The Morgan fingerprint density at radius 3 is 2.75 bits per heavy atom. The Labute approximate surface area is 186 Å². The van der Waals surface area contributed by atoms with Crippen molar-refractivity contribution in [3.63, 3.8) is 0 Å². The molecule has 3 amide bonds. The summed E-state index contributed by atoms with van der Waals surface area (Å²) in [7, 11) is 0. The van der Waals surface area contributed by atoms with Gasteiger partial charge in [-0.15, -0.1) is 0 Å². The molecule has 2 heterocycles. The van der Waals surface area contributed by atoms with Crippen LogP contribution in [-0.4, -0.2) is 54.0 Å². The van der Waals surface area contributed by atoms with Crippen molar-refractivity contribution in [2.24, 2.45) is 0 Å². The molecule has 3 aromatic rings. The second kappa shape index (κ2) is 9.74. The van der Waals surface area contributed by atoms with Crippen molar-refractivity contribution in [2.45, 2.75) is 19.4 Å². The molecule has 1 aromatic heterocycles. The van der Waals surface area contributed by atoms with Crippen molar-refractivity contribution < 1.29 is 14.0 Å². The molecule has 0 aliphatic carbocycles. The summed E-state index contributed by atoms with van der Waals surface area (Å²) in [5.74, 6) is -0.563. The van der Waals surface area contributed by atoms with Gasteiger partial charge in [0, 0.05) is 48.9 Å². The van der Waals surface area contributed by atoms with E-state index in [0.29, 0.717) is 25.2 Å². The molecule has 32 heavy (non-hydrogen) atoms. The van der Waals surface area contributed by atoms with Gasteiger partial charge in [-0.25, -0.2) is 9.18 Å². The largest absolute Gasteiger partial charge is 0.348 e. The van der Waals surface area contributed by atoms with E-state index in [1.54, 1.807) is 0 Å². The zero-order chi connectivity index (χ0) is 22.5. The lowest BCUT2D eigenvalue weighted by Gasteiger charge is -2.17. The molecule has 7 nitrogen and oxygen atoms in total. The van der Waals surface area contributed by atoms with Crippen LogP contribution >= 0.6 is 0 Å². The number of likely N-dealkylation sites (tertiary alicyclic amines) is 1. The van der Waals surface area contributed by atoms with Gasteiger partial charge in [-0.2, -0.15) is 0 Å². The van der Waals surface area contributed by atoms with Gasteiger partial charge in [-0.3, -0.25) is 14.7 Å². The minimum absolute atomic E-state index is 0.0348. The number of halogens is 1. The number of urea groups is 1. The Morgan fingerprint density at radius 1 is 1.16 bits per heavy atom. The number of hydrogen-bond donors (Lipinski definition) is 3. The Morgan fingerprint density at radius 2 is 1.94 bits per heavy atom. The first kappa shape index (κ1) is 21.7. The van der Waals surface area contributed by atoms with Gasteiger partial charge in [0.2, 0.25) is 0 Å². The van der Waals surface area contributed by atoms with Crippen LogP contribution < -0.4 is 16.0 Å². The lowest BCUT2D eigenvalue weighted by atomic mass is 10.1. The van der Waals surface area contributed by atoms with Gasteiger partial charge >= 0.3 is 6.03 Å². The molecule has 3 N–H and O–H groups in total. The van der Waals surface area contributed by atoms with Crippen LogP contribution in [0, 0.1) is 12.7 Å². The highest BCUT2D eigenvalue weighted by Gasteiger charge is 2.24. The summed E-state index contributed by atoms with van der Waals surface area (Å²) in [5.41, 5.74) is 2.86. The van der Waals surface area contributed by atoms with Gasteiger partial charge in [-0.1, -0.05) is 18.2 Å². The zero-order valence-electron chi connectivity index (χ0n) is 17.9. The lowest BCUT2D eigenvalue weighted by molar-refractivity contribution is 0.0938. The molecule has 0 saturated carbocycles. The maximum atomic E-state index is 13.0. The highest BCUT2D eigenvalue weighted by Crippen LogP contribution is 2.22. The average Bonchev–Trinajstić information content (AvgIpc) is 3.21. The number of nitrogens with one attached hydrogen (secondary N) is 3. The number of anilines is 1. The Bertz CT molecular complexity index is 1120. The van der Waals surface area contributed by atoms with Gasteiger partial charge in [0.05, 0.1) is 11.2 Å². The monoisotopic (exact) mass is 435 g/mol. The number of nitrogens with zero attached hydrogens (tertiary/aromatic N) is 2. The topological polar surface area (TPSA) is 86.4 Å². The van der Waals surface area contributed by atoms with Gasteiger partial charge in [0.1, 0.15) is 5.82 Å². The van der Waals surface area contributed by atoms with E-state index < -0.39 is 0 Å². The molecule has 0 radical (unpaired) electrons. The molecular formula is C24H26FN5O2. The summed E-state index contributed by atoms with van der Waals surface area (Å²) in [4.78, 5) is 31.4. The highest BCUT2D eigenvalue weighted by atomic mass is 19.1. The fraction of sp³-hybridized carbons (Fsp3) is 0.292. The molecule has 4 rings (SSSR count). The van der Waals surface area contributed by atoms with Crippen LogP contribution in [0.25, 0.3) is 10.9 Å². The maximum absolute atomic E-state index is 13.0. The number of para-hydroxylation sites is 1. The molecule has 0 bridgehead atoms. The molecular weight excluding hydrogens is 409 g/mol. The van der Waals surface area contributed by atoms with Crippen LogP contribution in [0.15, 0.2) is 54.6 Å². The quantitative estimate of drug-likeness (QED) is 0.555. The summed E-state index contributed by atoms with van der Waals surface area (Å²) in [5, 5.41) is 9.70. The first-order chi connectivity index (χ1) is 15.5. The van der Waals surface area contributed by atoms with Crippen LogP contribution in [0.1, 0.15) is 22.5 Å². The molecule has 1 unspecified atom stereocenters. The van der Waals surface area contributed by atoms with Crippen molar-refractivity contribution in [1.29, 1.82) is 0 Å². The molecule has 166 valence electrons. The van der Waals surface area contributed by atoms with E-state index in [4.69, 9.17) is 0 Å². The van der Waals surface area contributed by atoms with Crippen LogP contribution in [0.4, 0.5) is 14.9 Å². The predicted molar refractivity (Wildman–Crippen MR) is 122 cm³/mol. The lowest BCUT2D eigenvalue weighted by Crippen LogP contribution is -2.39. The number of amides is 3. The van der Waals surface area contributed by atoms with Crippen molar-refractivity contribution in [3.05, 3.63) is 71.7 Å². The molecule has 1 atom stereocenters. The predicted octanol–water partition coefficient (Wildman–Crippen LogP) is 3.31. The van der Waals surface area contributed by atoms with E-state index in [1.807, 2.05) is 37.3 Å². The SMILES string of the molecule is Cc1cc(NC(=O)NCCN2CCC(NC(=O)c3ccc(F)cc3)C2)c2ccccc2n1. The fourth-order valence-corrected chi connectivity index (χ4v) is 3.93. The molecule has 1 aliphatic rings. The minimum atomic E-state index is -0.364. The van der Waals surface area contributed by atoms with Crippen molar-refractivity contribution in [1.82, 2.24) is 20.5 Å². The second-order valence-electron chi connectivity index (χ2n) is 7.98. The van der Waals surface area contributed by atoms with Gasteiger partial charge in [0.15, 0.2) is 0 Å². The highest BCUT2D eigenvalue weighted by molar-refractivity contribution is 6.00. The number of carbonyl (C=O) groups excluding carboxylic acids is 2. The van der Waals surface area contributed by atoms with Crippen LogP contribution in [0.3, 0.4) is 0 Å². The van der Waals surface area contributed by atoms with Gasteiger partial charge in [0.25, 0.3) is 5.91 Å². The minimum Gasteiger partial charge on any atom is -0.348 e. The summed E-state index contributed by atoms with van der Waals surface area (Å²) in [6, 6.07) is 14.8. The summed E-state index contributed by atoms with van der Waals surface area (Å²) >= 11 is 0. The van der Waals surface area contributed by atoms with Crippen molar-refractivity contribution in [3.8, 4) is 0 Å². The third-order valence-corrected chi connectivity index (χ3v) is 5.52. The number of carbonyl (C=O) groups is 2. The van der Waals surface area contributed by atoms with E-state index in [1.165, 1.54) is 24.3 Å². The van der Waals surface area contributed by atoms with Crippen molar-refractivity contribution in [2.75, 3.05) is 31.5 Å². The molecule has 1 aliphatic heterocycles. The van der Waals surface area contributed by atoms with E-state index in [9.17, 15) is 14.0 Å². The third kappa shape index (κ3) is 5.39. The standard InChI is InChI=1S/C24H26FN5O2/c1-16-14-22(20-4-2-3-5-21(20)27-16)29-24(32)26-11-13-30-12-10-19(15-30)28-23(31)17-6-8-18(25)9-7-17/h2-9,14,19H,10-13,15H2,1H3,(H,28,31)(H2,26,27,29,32). The average molecular weight is 436 g/mol. The number of hydrogen-bond acceptors (Lipinski definition) is 4. The first-order valence-corrected chi connectivity index (χ1v) is 10.7. The normalized spacial score (nSPS) is 16.1. The number of rotatable bonds is 6. The first-order valence-electron chi connectivity index (χ1n) is 10.7. The smallest absolute Gasteiger partial charge is 0.319 e. The Balaban J connectivity index is 1.22. The molecule has 2 aromatic carbocycles. The molecule has 1 fully saturated rings. The molecule has 1 saturated heterocycles. The Kier molecular flexibility index (Phi) is 6.61. The van der Waals surface area contributed by atoms with E-state index in [2.05, 4.69) is 25.8 Å². The number of fused-ring (bicyclic) bond motifs is 1. The van der Waals surface area contributed by atoms with Crippen LogP contribution in [0.2, 0.25) is 0 Å². The van der Waals surface area contributed by atoms with Gasteiger partial charge in [-0.05, 0) is 49.7 Å². The summed E-state index contributed by atoms with van der Waals surface area (Å²) in [6.45, 7) is 4.63. The molecule has 8 heteroatoms. The van der Waals surface area contributed by atoms with E-state index in [0.717, 1.165) is 35.2 Å².